The van der Waals surface area contributed by atoms with Gasteiger partial charge in [-0.25, -0.2) is 18.6 Å². The average molecular weight is 342 g/mol. The molecule has 2 aromatic rings. The lowest BCUT2D eigenvalue weighted by Gasteiger charge is -2.05. The zero-order valence-corrected chi connectivity index (χ0v) is 12.8. The van der Waals surface area contributed by atoms with Gasteiger partial charge < -0.3 is 4.42 Å². The first-order valence-electron chi connectivity index (χ1n) is 6.08. The molecule has 0 unspecified atom stereocenters. The van der Waals surface area contributed by atoms with E-state index in [4.69, 9.17) is 16.0 Å². The zero-order valence-electron chi connectivity index (χ0n) is 11.2. The Balaban J connectivity index is 1.86. The van der Waals surface area contributed by atoms with Crippen LogP contribution in [0.3, 0.4) is 0 Å². The summed E-state index contributed by atoms with van der Waals surface area (Å²) >= 11 is 5.69. The first kappa shape index (κ1) is 16.2. The van der Waals surface area contributed by atoms with Crippen LogP contribution in [0.1, 0.15) is 5.76 Å². The van der Waals surface area contributed by atoms with Gasteiger partial charge in [-0.15, -0.1) is 0 Å². The van der Waals surface area contributed by atoms with Gasteiger partial charge in [-0.3, -0.25) is 4.79 Å². The van der Waals surface area contributed by atoms with Crippen LogP contribution in [0.25, 0.3) is 0 Å². The molecule has 2 rings (SSSR count). The number of benzene rings is 1. The molecule has 0 atom stereocenters. The number of hydrogen-bond acceptors (Lipinski definition) is 5. The minimum Gasteiger partial charge on any atom is -0.463 e. The van der Waals surface area contributed by atoms with E-state index in [0.717, 1.165) is 0 Å². The number of nitrogens with one attached hydrogen (secondary N) is 2. The molecule has 0 bridgehead atoms. The Morgan fingerprint density at radius 2 is 2.00 bits per heavy atom. The Morgan fingerprint density at radius 3 is 2.64 bits per heavy atom. The van der Waals surface area contributed by atoms with Crippen molar-refractivity contribution in [2.45, 2.75) is 4.90 Å². The van der Waals surface area contributed by atoms with Crippen LogP contribution < -0.4 is 10.1 Å². The molecule has 0 radical (unpaired) electrons. The predicted molar refractivity (Wildman–Crippen MR) is 81.1 cm³/mol. The maximum absolute atomic E-state index is 11.9. The quantitative estimate of drug-likeness (QED) is 0.612. The average Bonchev–Trinajstić information content (AvgIpc) is 2.99. The number of amides is 1. The van der Waals surface area contributed by atoms with E-state index >= 15 is 0 Å². The molecule has 1 aromatic heterocycles. The lowest BCUT2D eigenvalue weighted by Crippen LogP contribution is -2.34. The third-order valence-corrected chi connectivity index (χ3v) is 4.14. The van der Waals surface area contributed by atoms with Crippen LogP contribution in [0.4, 0.5) is 0 Å². The molecule has 0 spiro atoms. The van der Waals surface area contributed by atoms with Crippen LogP contribution in [0.5, 0.6) is 0 Å². The van der Waals surface area contributed by atoms with Crippen LogP contribution in [0.15, 0.2) is 57.1 Å². The number of nitrogens with zero attached hydrogens (tertiary/aromatic N) is 1. The molecule has 0 saturated carbocycles. The molecular weight excluding hydrogens is 330 g/mol. The van der Waals surface area contributed by atoms with E-state index in [0.29, 0.717) is 10.8 Å². The molecule has 0 aliphatic carbocycles. The van der Waals surface area contributed by atoms with Crippen molar-refractivity contribution in [2.24, 2.45) is 5.10 Å². The van der Waals surface area contributed by atoms with Crippen molar-refractivity contribution >= 4 is 33.7 Å². The van der Waals surface area contributed by atoms with Gasteiger partial charge in [0.05, 0.1) is 23.9 Å². The van der Waals surface area contributed by atoms with E-state index < -0.39 is 22.5 Å². The second-order valence-electron chi connectivity index (χ2n) is 4.09. The maximum Gasteiger partial charge on any atom is 0.255 e. The third-order valence-electron chi connectivity index (χ3n) is 2.47. The molecule has 0 saturated heterocycles. The minimum atomic E-state index is -3.78. The van der Waals surface area contributed by atoms with Gasteiger partial charge in [0.1, 0.15) is 5.76 Å². The highest BCUT2D eigenvalue weighted by atomic mass is 35.5. The smallest absolute Gasteiger partial charge is 0.255 e. The predicted octanol–water partition coefficient (Wildman–Crippen LogP) is 1.36. The number of hydrazone groups is 1. The highest BCUT2D eigenvalue weighted by Gasteiger charge is 2.14. The van der Waals surface area contributed by atoms with Crippen molar-refractivity contribution in [3.63, 3.8) is 0 Å². The second-order valence-corrected chi connectivity index (χ2v) is 6.29. The summed E-state index contributed by atoms with van der Waals surface area (Å²) in [5, 5.41) is 4.05. The summed E-state index contributed by atoms with van der Waals surface area (Å²) in [5.74, 6) is -0.151. The Bertz CT molecular complexity index is 755. The first-order valence-corrected chi connectivity index (χ1v) is 7.94. The lowest BCUT2D eigenvalue weighted by atomic mass is 10.4. The van der Waals surface area contributed by atoms with Gasteiger partial charge in [0, 0.05) is 5.02 Å². The lowest BCUT2D eigenvalue weighted by molar-refractivity contribution is -0.119. The molecule has 1 heterocycles. The first-order chi connectivity index (χ1) is 10.5. The van der Waals surface area contributed by atoms with E-state index in [-0.39, 0.29) is 4.90 Å². The molecule has 22 heavy (non-hydrogen) atoms. The molecule has 9 heteroatoms. The van der Waals surface area contributed by atoms with Crippen LogP contribution >= 0.6 is 11.6 Å². The molecular formula is C13H12ClN3O4S. The maximum atomic E-state index is 11.9. The Labute approximate surface area is 132 Å². The van der Waals surface area contributed by atoms with Gasteiger partial charge in [-0.1, -0.05) is 11.6 Å². The van der Waals surface area contributed by atoms with E-state index in [1.807, 2.05) is 0 Å². The van der Waals surface area contributed by atoms with E-state index in [1.165, 1.54) is 36.7 Å². The van der Waals surface area contributed by atoms with Crippen molar-refractivity contribution in [1.82, 2.24) is 10.1 Å². The fourth-order valence-electron chi connectivity index (χ4n) is 1.43. The fraction of sp³-hybridized carbons (Fsp3) is 0.0769. The number of hydrogen-bond donors (Lipinski definition) is 2. The Kier molecular flexibility index (Phi) is 5.31. The number of sulfonamides is 1. The standard InChI is InChI=1S/C13H12ClN3O4S/c14-10-3-5-12(6-4-10)22(19,20)16-9-13(18)17-15-8-11-2-1-7-21-11/h1-8,16H,9H2,(H,17,18)/b15-8+. The van der Waals surface area contributed by atoms with Gasteiger partial charge in [0.25, 0.3) is 5.91 Å². The number of carbonyl (C=O) groups is 1. The van der Waals surface area contributed by atoms with Crippen molar-refractivity contribution in [3.05, 3.63) is 53.4 Å². The molecule has 0 aliphatic rings. The van der Waals surface area contributed by atoms with Crippen molar-refractivity contribution in [2.75, 3.05) is 6.54 Å². The Hall–Kier alpha value is -2.16. The van der Waals surface area contributed by atoms with Crippen molar-refractivity contribution in [1.29, 1.82) is 0 Å². The zero-order chi connectivity index (χ0) is 16.0. The van der Waals surface area contributed by atoms with Gasteiger partial charge in [0.2, 0.25) is 10.0 Å². The minimum absolute atomic E-state index is 0.0174. The number of furan rings is 1. The van der Waals surface area contributed by atoms with E-state index in [9.17, 15) is 13.2 Å². The van der Waals surface area contributed by atoms with Gasteiger partial charge >= 0.3 is 0 Å². The summed E-state index contributed by atoms with van der Waals surface area (Å²) in [6.07, 6.45) is 2.76. The summed E-state index contributed by atoms with van der Waals surface area (Å²) in [5.41, 5.74) is 2.18. The second kappa shape index (κ2) is 7.21. The number of halogens is 1. The van der Waals surface area contributed by atoms with Gasteiger partial charge in [0.15, 0.2) is 0 Å². The topological polar surface area (TPSA) is 101 Å². The van der Waals surface area contributed by atoms with Crippen LogP contribution in [-0.2, 0) is 14.8 Å². The molecule has 1 aromatic carbocycles. The van der Waals surface area contributed by atoms with Crippen LogP contribution in [0.2, 0.25) is 5.02 Å². The van der Waals surface area contributed by atoms with E-state index in [2.05, 4.69) is 15.2 Å². The number of carbonyl (C=O) groups excluding carboxylic acids is 1. The number of rotatable bonds is 6. The third kappa shape index (κ3) is 4.69. The van der Waals surface area contributed by atoms with Crippen molar-refractivity contribution in [3.8, 4) is 0 Å². The molecule has 0 fully saturated rings. The summed E-state index contributed by atoms with van der Waals surface area (Å²) < 4.78 is 31.0. The largest absolute Gasteiger partial charge is 0.463 e. The summed E-state index contributed by atoms with van der Waals surface area (Å²) in [7, 11) is -3.78. The molecule has 1 amide bonds. The monoisotopic (exact) mass is 341 g/mol. The Morgan fingerprint density at radius 1 is 1.27 bits per heavy atom. The van der Waals surface area contributed by atoms with Crippen LogP contribution in [0, 0.1) is 0 Å². The van der Waals surface area contributed by atoms with Crippen molar-refractivity contribution < 1.29 is 17.6 Å². The van der Waals surface area contributed by atoms with E-state index in [1.54, 1.807) is 12.1 Å². The molecule has 0 aliphatic heterocycles. The summed E-state index contributed by atoms with van der Waals surface area (Å²) in [4.78, 5) is 11.5. The fourth-order valence-corrected chi connectivity index (χ4v) is 2.54. The summed E-state index contributed by atoms with van der Waals surface area (Å²) in [6, 6.07) is 8.91. The highest BCUT2D eigenvalue weighted by Crippen LogP contribution is 2.13. The SMILES string of the molecule is O=C(CNS(=O)(=O)c1ccc(Cl)cc1)N/N=C/c1ccco1. The molecule has 116 valence electrons. The highest BCUT2D eigenvalue weighted by molar-refractivity contribution is 7.89. The van der Waals surface area contributed by atoms with Crippen LogP contribution in [-0.4, -0.2) is 27.1 Å². The summed E-state index contributed by atoms with van der Waals surface area (Å²) in [6.45, 7) is -0.444. The molecule has 7 nitrogen and oxygen atoms in total. The van der Waals surface area contributed by atoms with Gasteiger partial charge in [-0.05, 0) is 36.4 Å². The normalized spacial score (nSPS) is 11.7. The molecule has 2 N–H and O–H groups in total. The van der Waals surface area contributed by atoms with Gasteiger partial charge in [-0.2, -0.15) is 5.10 Å².